The first-order valence-corrected chi connectivity index (χ1v) is 9.43. The van der Waals surface area contributed by atoms with Gasteiger partial charge in [-0.25, -0.2) is 4.79 Å². The maximum atomic E-state index is 12.2. The van der Waals surface area contributed by atoms with Crippen LogP contribution in [0.15, 0.2) is 29.8 Å². The number of aliphatic carboxylic acids is 1. The van der Waals surface area contributed by atoms with Gasteiger partial charge < -0.3 is 42.7 Å². The van der Waals surface area contributed by atoms with Gasteiger partial charge in [0.25, 0.3) is 0 Å². The fraction of sp³-hybridized carbons (Fsp3) is 0.368. The van der Waals surface area contributed by atoms with E-state index in [1.165, 1.54) is 0 Å². The first-order chi connectivity index (χ1) is 14.6. The van der Waals surface area contributed by atoms with Crippen molar-refractivity contribution in [3.63, 3.8) is 0 Å². The number of rotatable bonds is 10. The van der Waals surface area contributed by atoms with Crippen molar-refractivity contribution in [2.75, 3.05) is 13.1 Å². The number of carboxylic acid groups (broad SMARTS) is 1. The molecule has 1 aliphatic rings. The van der Waals surface area contributed by atoms with Gasteiger partial charge >= 0.3 is 5.97 Å². The second-order valence-electron chi connectivity index (χ2n) is 7.05. The molecule has 0 aliphatic carbocycles. The zero-order valence-corrected chi connectivity index (χ0v) is 16.6. The summed E-state index contributed by atoms with van der Waals surface area (Å²) < 4.78 is 0. The predicted octanol–water partition coefficient (Wildman–Crippen LogP) is -1.60. The maximum absolute atomic E-state index is 12.2. The molecule has 3 unspecified atom stereocenters. The normalized spacial score (nSPS) is 17.3. The summed E-state index contributed by atoms with van der Waals surface area (Å²) in [7, 11) is 0. The highest BCUT2D eigenvalue weighted by atomic mass is 16.4. The molecule has 1 heterocycles. The Bertz CT molecular complexity index is 882. The topological polar surface area (TPSA) is 224 Å². The molecule has 2 amide bonds. The van der Waals surface area contributed by atoms with Crippen molar-refractivity contribution in [1.29, 1.82) is 5.41 Å². The molecule has 0 radical (unpaired) electrons. The second kappa shape index (κ2) is 10.4. The molecule has 0 bridgehead atoms. The standard InChI is InChI=1S/C19H26N6O6/c20-13(7-9-1-3-23-15(9)17(21)22)18(29)24-4-2-14(28)25-16(19(30)31)10-5-11(26)8-12(27)6-10/h1,5-6,8,13,15-16,23,26-27H,2-4,7,20H2,(H3,21,22)(H,24,29)(H,25,28)(H,30,31). The van der Waals surface area contributed by atoms with Crippen LogP contribution in [-0.2, 0) is 14.4 Å². The Labute approximate surface area is 177 Å². The first kappa shape index (κ1) is 23.6. The number of hydrogen-bond acceptors (Lipinski definition) is 8. The lowest BCUT2D eigenvalue weighted by molar-refractivity contribution is -0.142. The number of nitrogens with two attached hydrogens (primary N) is 2. The van der Waals surface area contributed by atoms with Crippen molar-refractivity contribution in [2.45, 2.75) is 31.0 Å². The summed E-state index contributed by atoms with van der Waals surface area (Å²) in [6.45, 7) is 0.444. The van der Waals surface area contributed by atoms with Crippen molar-refractivity contribution in [2.24, 2.45) is 11.5 Å². The van der Waals surface area contributed by atoms with Crippen molar-refractivity contribution >= 4 is 23.6 Å². The van der Waals surface area contributed by atoms with Crippen LogP contribution in [-0.4, -0.2) is 64.1 Å². The molecule has 12 nitrogen and oxygen atoms in total. The van der Waals surface area contributed by atoms with Crippen LogP contribution in [0.4, 0.5) is 0 Å². The lowest BCUT2D eigenvalue weighted by atomic mass is 10.0. The van der Waals surface area contributed by atoms with Gasteiger partial charge in [-0.1, -0.05) is 6.08 Å². The summed E-state index contributed by atoms with van der Waals surface area (Å²) in [6.07, 6.45) is 1.79. The minimum absolute atomic E-state index is 0.0112. The highest BCUT2D eigenvalue weighted by Crippen LogP contribution is 2.25. The van der Waals surface area contributed by atoms with Crippen LogP contribution in [0.5, 0.6) is 11.5 Å². The third-order valence-corrected chi connectivity index (χ3v) is 4.62. The third kappa shape index (κ3) is 6.69. The Hall–Kier alpha value is -3.64. The molecule has 3 atom stereocenters. The second-order valence-corrected chi connectivity index (χ2v) is 7.05. The molecule has 0 fully saturated rings. The van der Waals surface area contributed by atoms with Crippen molar-refractivity contribution < 1.29 is 29.7 Å². The average molecular weight is 434 g/mol. The number of carboxylic acids is 1. The number of phenolic OH excluding ortho intramolecular Hbond substituents is 2. The SMILES string of the molecule is N=C(N)C1NCC=C1CC(N)C(=O)NCCC(=O)NC(C(=O)O)c1cc(O)cc(O)c1. The van der Waals surface area contributed by atoms with Gasteiger partial charge in [-0.15, -0.1) is 0 Å². The van der Waals surface area contributed by atoms with Gasteiger partial charge in [-0.3, -0.25) is 15.0 Å². The van der Waals surface area contributed by atoms with Crippen molar-refractivity contribution in [1.82, 2.24) is 16.0 Å². The summed E-state index contributed by atoms with van der Waals surface area (Å²) >= 11 is 0. The molecule has 1 aliphatic heterocycles. The number of nitrogens with one attached hydrogen (secondary N) is 4. The van der Waals surface area contributed by atoms with Gasteiger partial charge in [0.15, 0.2) is 6.04 Å². The van der Waals surface area contributed by atoms with Crippen LogP contribution in [0.1, 0.15) is 24.4 Å². The Morgan fingerprint density at radius 2 is 1.87 bits per heavy atom. The molecule has 0 saturated carbocycles. The molecule has 11 N–H and O–H groups in total. The molecule has 0 saturated heterocycles. The fourth-order valence-corrected chi connectivity index (χ4v) is 3.15. The summed E-state index contributed by atoms with van der Waals surface area (Å²) in [5.74, 6) is -3.32. The van der Waals surface area contributed by atoms with Crippen molar-refractivity contribution in [3.05, 3.63) is 35.4 Å². The molecule has 1 aromatic rings. The molecule has 31 heavy (non-hydrogen) atoms. The predicted molar refractivity (Wildman–Crippen MR) is 110 cm³/mol. The summed E-state index contributed by atoms with van der Waals surface area (Å²) in [4.78, 5) is 35.7. The van der Waals surface area contributed by atoms with E-state index >= 15 is 0 Å². The van der Waals surface area contributed by atoms with E-state index in [0.717, 1.165) is 23.8 Å². The van der Waals surface area contributed by atoms with Gasteiger partial charge in [0.1, 0.15) is 17.3 Å². The highest BCUT2D eigenvalue weighted by Gasteiger charge is 2.26. The molecule has 12 heteroatoms. The van der Waals surface area contributed by atoms with Gasteiger partial charge in [-0.05, 0) is 29.7 Å². The van der Waals surface area contributed by atoms with E-state index in [-0.39, 0.29) is 42.3 Å². The molecule has 0 aromatic heterocycles. The van der Waals surface area contributed by atoms with Crippen LogP contribution in [0.3, 0.4) is 0 Å². The molecule has 2 rings (SSSR count). The van der Waals surface area contributed by atoms with Gasteiger partial charge in [0, 0.05) is 25.6 Å². The number of hydrogen-bond donors (Lipinski definition) is 9. The average Bonchev–Trinajstić information content (AvgIpc) is 3.13. The van der Waals surface area contributed by atoms with E-state index in [1.807, 2.05) is 6.08 Å². The Kier molecular flexibility index (Phi) is 7.94. The Morgan fingerprint density at radius 3 is 2.45 bits per heavy atom. The van der Waals surface area contributed by atoms with Crippen LogP contribution >= 0.6 is 0 Å². The molecular formula is C19H26N6O6. The number of aromatic hydroxyl groups is 2. The summed E-state index contributed by atoms with van der Waals surface area (Å²) in [6, 6.07) is 0.404. The van der Waals surface area contributed by atoms with Crippen molar-refractivity contribution in [3.8, 4) is 11.5 Å². The molecule has 1 aromatic carbocycles. The largest absolute Gasteiger partial charge is 0.508 e. The number of amides is 2. The molecule has 0 spiro atoms. The minimum Gasteiger partial charge on any atom is -0.508 e. The van der Waals surface area contributed by atoms with Gasteiger partial charge in [-0.2, -0.15) is 0 Å². The van der Waals surface area contributed by atoms with E-state index in [4.69, 9.17) is 16.9 Å². The van der Waals surface area contributed by atoms with Crippen LogP contribution in [0.25, 0.3) is 0 Å². The van der Waals surface area contributed by atoms with Crippen LogP contribution in [0.2, 0.25) is 0 Å². The van der Waals surface area contributed by atoms with E-state index in [9.17, 15) is 29.7 Å². The van der Waals surface area contributed by atoms with E-state index in [2.05, 4.69) is 16.0 Å². The van der Waals surface area contributed by atoms with Gasteiger partial charge in [0.05, 0.1) is 12.1 Å². The number of amidine groups is 1. The fourth-order valence-electron chi connectivity index (χ4n) is 3.15. The smallest absolute Gasteiger partial charge is 0.330 e. The lowest BCUT2D eigenvalue weighted by Gasteiger charge is -2.18. The Balaban J connectivity index is 1.84. The zero-order chi connectivity index (χ0) is 23.1. The number of phenols is 2. The number of carbonyl (C=O) groups excluding carboxylic acids is 2. The summed E-state index contributed by atoms with van der Waals surface area (Å²) in [5.41, 5.74) is 12.1. The van der Waals surface area contributed by atoms with E-state index < -0.39 is 35.9 Å². The van der Waals surface area contributed by atoms with Crippen LogP contribution in [0, 0.1) is 5.41 Å². The number of carbonyl (C=O) groups is 3. The lowest BCUT2D eigenvalue weighted by Crippen LogP contribution is -2.45. The monoisotopic (exact) mass is 434 g/mol. The molecular weight excluding hydrogens is 408 g/mol. The quantitative estimate of drug-likeness (QED) is 0.117. The zero-order valence-electron chi connectivity index (χ0n) is 16.6. The van der Waals surface area contributed by atoms with E-state index in [1.54, 1.807) is 0 Å². The van der Waals surface area contributed by atoms with Crippen LogP contribution < -0.4 is 27.4 Å². The first-order valence-electron chi connectivity index (χ1n) is 9.43. The maximum Gasteiger partial charge on any atom is 0.330 e. The summed E-state index contributed by atoms with van der Waals surface area (Å²) in [5, 5.41) is 43.7. The Morgan fingerprint density at radius 1 is 1.23 bits per heavy atom. The highest BCUT2D eigenvalue weighted by molar-refractivity contribution is 5.88. The van der Waals surface area contributed by atoms with Gasteiger partial charge in [0.2, 0.25) is 11.8 Å². The third-order valence-electron chi connectivity index (χ3n) is 4.62. The number of benzene rings is 1. The van der Waals surface area contributed by atoms with E-state index in [0.29, 0.717) is 6.54 Å². The minimum atomic E-state index is -1.49. The molecule has 168 valence electrons.